The first-order valence-electron chi connectivity index (χ1n) is 4.55. The Bertz CT molecular complexity index is 423. The molecule has 16 heavy (non-hydrogen) atoms. The third-order valence-electron chi connectivity index (χ3n) is 1.86. The number of amides is 2. The first-order chi connectivity index (χ1) is 7.50. The number of thiol groups is 1. The third kappa shape index (κ3) is 3.86. The zero-order chi connectivity index (χ0) is 12.1. The molecule has 0 fully saturated rings. The predicted molar refractivity (Wildman–Crippen MR) is 67.5 cm³/mol. The van der Waals surface area contributed by atoms with E-state index in [1.165, 1.54) is 0 Å². The van der Waals surface area contributed by atoms with E-state index in [0.717, 1.165) is 4.47 Å². The normalized spacial score (nSPS) is 9.88. The molecular weight excluding hydrogens is 292 g/mol. The highest BCUT2D eigenvalue weighted by molar-refractivity contribution is 9.10. The van der Waals surface area contributed by atoms with Gasteiger partial charge in [-0.2, -0.15) is 0 Å². The van der Waals surface area contributed by atoms with Gasteiger partial charge in [0.2, 0.25) is 5.91 Å². The van der Waals surface area contributed by atoms with Gasteiger partial charge in [-0.25, -0.2) is 0 Å². The van der Waals surface area contributed by atoms with E-state index in [-0.39, 0.29) is 18.9 Å². The van der Waals surface area contributed by atoms with Crippen LogP contribution < -0.4 is 11.1 Å². The van der Waals surface area contributed by atoms with Crippen molar-refractivity contribution in [3.8, 4) is 0 Å². The molecule has 1 aromatic rings. The van der Waals surface area contributed by atoms with E-state index in [1.807, 2.05) is 0 Å². The fourth-order valence-electron chi connectivity index (χ4n) is 1.09. The Hall–Kier alpha value is -1.01. The summed E-state index contributed by atoms with van der Waals surface area (Å²) < 4.78 is 0.853. The van der Waals surface area contributed by atoms with Crippen LogP contribution in [0.25, 0.3) is 0 Å². The van der Waals surface area contributed by atoms with E-state index in [4.69, 9.17) is 5.73 Å². The Morgan fingerprint density at radius 3 is 2.69 bits per heavy atom. The minimum atomic E-state index is -0.442. The van der Waals surface area contributed by atoms with Crippen molar-refractivity contribution in [2.24, 2.45) is 5.73 Å². The van der Waals surface area contributed by atoms with E-state index < -0.39 is 5.91 Å². The molecular formula is C10H11BrN2O2S. The number of carbonyl (C=O) groups is 2. The van der Waals surface area contributed by atoms with Crippen molar-refractivity contribution in [3.05, 3.63) is 28.2 Å². The number of primary amides is 1. The number of halogens is 1. The molecule has 6 heteroatoms. The summed E-state index contributed by atoms with van der Waals surface area (Å²) in [5, 5.41) is 2.59. The van der Waals surface area contributed by atoms with Gasteiger partial charge in [0.05, 0.1) is 5.56 Å². The largest absolute Gasteiger partial charge is 0.370 e. The number of carbonyl (C=O) groups excluding carboxylic acids is 2. The minimum absolute atomic E-state index is 0.129. The van der Waals surface area contributed by atoms with Crippen LogP contribution in [0.2, 0.25) is 0 Å². The maximum Gasteiger partial charge on any atom is 0.252 e. The smallest absolute Gasteiger partial charge is 0.252 e. The molecule has 0 heterocycles. The van der Waals surface area contributed by atoms with Crippen molar-refractivity contribution in [1.29, 1.82) is 0 Å². The molecule has 0 atom stereocenters. The maximum atomic E-state index is 11.6. The minimum Gasteiger partial charge on any atom is -0.370 e. The van der Waals surface area contributed by atoms with E-state index >= 15 is 0 Å². The fraction of sp³-hybridized carbons (Fsp3) is 0.200. The molecule has 0 radical (unpaired) electrons. The predicted octanol–water partition coefficient (Wildman–Crippen LogP) is 1.34. The Morgan fingerprint density at radius 2 is 2.12 bits per heavy atom. The standard InChI is InChI=1S/C10H11BrN2O2S/c11-6-1-2-7(8(16)5-6)10(15)13-4-3-9(12)14/h1-2,5,16H,3-4H2,(H2,12,14)(H,13,15). The van der Waals surface area contributed by atoms with Crippen LogP contribution in [0.4, 0.5) is 0 Å². The number of hydrogen-bond donors (Lipinski definition) is 3. The van der Waals surface area contributed by atoms with Crippen molar-refractivity contribution in [2.75, 3.05) is 6.54 Å². The molecule has 2 amide bonds. The summed E-state index contributed by atoms with van der Waals surface area (Å²) in [6.07, 6.45) is 0.129. The highest BCUT2D eigenvalue weighted by atomic mass is 79.9. The lowest BCUT2D eigenvalue weighted by molar-refractivity contribution is -0.117. The summed E-state index contributed by atoms with van der Waals surface area (Å²) in [5.41, 5.74) is 5.42. The van der Waals surface area contributed by atoms with Crippen molar-refractivity contribution >= 4 is 40.4 Å². The average Bonchev–Trinajstić information content (AvgIpc) is 2.16. The number of rotatable bonds is 4. The number of nitrogens with two attached hydrogens (primary N) is 1. The third-order valence-corrected chi connectivity index (χ3v) is 2.72. The van der Waals surface area contributed by atoms with Crippen molar-refractivity contribution < 1.29 is 9.59 Å². The lowest BCUT2D eigenvalue weighted by Crippen LogP contribution is -2.28. The van der Waals surface area contributed by atoms with Gasteiger partial charge in [-0.15, -0.1) is 12.6 Å². The fourth-order valence-corrected chi connectivity index (χ4v) is 1.94. The van der Waals surface area contributed by atoms with Crippen LogP contribution in [-0.4, -0.2) is 18.4 Å². The van der Waals surface area contributed by atoms with Crippen molar-refractivity contribution in [2.45, 2.75) is 11.3 Å². The van der Waals surface area contributed by atoms with Gasteiger partial charge in [-0.1, -0.05) is 15.9 Å². The quantitative estimate of drug-likeness (QED) is 0.735. The van der Waals surface area contributed by atoms with Gasteiger partial charge in [0.15, 0.2) is 0 Å². The molecule has 4 nitrogen and oxygen atoms in total. The molecule has 0 aliphatic rings. The lowest BCUT2D eigenvalue weighted by atomic mass is 10.2. The van der Waals surface area contributed by atoms with Crippen LogP contribution in [0.5, 0.6) is 0 Å². The lowest BCUT2D eigenvalue weighted by Gasteiger charge is -2.06. The monoisotopic (exact) mass is 302 g/mol. The molecule has 0 saturated heterocycles. The Morgan fingerprint density at radius 1 is 1.44 bits per heavy atom. The summed E-state index contributed by atoms with van der Waals surface area (Å²) in [7, 11) is 0. The molecule has 1 rings (SSSR count). The van der Waals surface area contributed by atoms with E-state index in [0.29, 0.717) is 10.5 Å². The molecule has 0 unspecified atom stereocenters. The van der Waals surface area contributed by atoms with Crippen LogP contribution in [0.3, 0.4) is 0 Å². The Balaban J connectivity index is 2.63. The molecule has 0 saturated carbocycles. The number of nitrogens with one attached hydrogen (secondary N) is 1. The molecule has 0 aliphatic carbocycles. The first kappa shape index (κ1) is 13.1. The van der Waals surface area contributed by atoms with Crippen LogP contribution in [0.15, 0.2) is 27.6 Å². The number of benzene rings is 1. The van der Waals surface area contributed by atoms with Gasteiger partial charge in [0.25, 0.3) is 5.91 Å². The van der Waals surface area contributed by atoms with Crippen LogP contribution >= 0.6 is 28.6 Å². The molecule has 3 N–H and O–H groups in total. The summed E-state index contributed by atoms with van der Waals surface area (Å²) in [5.74, 6) is -0.707. The van der Waals surface area contributed by atoms with Gasteiger partial charge in [0.1, 0.15) is 0 Å². The van der Waals surface area contributed by atoms with E-state index in [1.54, 1.807) is 18.2 Å². The molecule has 86 valence electrons. The Kier molecular flexibility index (Phi) is 4.82. The summed E-state index contributed by atoms with van der Waals surface area (Å²) in [6.45, 7) is 0.234. The van der Waals surface area contributed by atoms with Gasteiger partial charge in [-0.05, 0) is 18.2 Å². The van der Waals surface area contributed by atoms with Crippen molar-refractivity contribution in [3.63, 3.8) is 0 Å². The van der Waals surface area contributed by atoms with E-state index in [2.05, 4.69) is 33.9 Å². The second-order valence-corrected chi connectivity index (χ2v) is 4.53. The molecule has 0 aliphatic heterocycles. The Labute approximate surface area is 107 Å². The van der Waals surface area contributed by atoms with Gasteiger partial charge < -0.3 is 11.1 Å². The van der Waals surface area contributed by atoms with E-state index in [9.17, 15) is 9.59 Å². The SMILES string of the molecule is NC(=O)CCNC(=O)c1ccc(Br)cc1S. The average molecular weight is 303 g/mol. The molecule has 0 spiro atoms. The summed E-state index contributed by atoms with van der Waals surface area (Å²) in [6, 6.07) is 5.14. The second kappa shape index (κ2) is 5.91. The van der Waals surface area contributed by atoms with Gasteiger partial charge in [-0.3, -0.25) is 9.59 Å². The van der Waals surface area contributed by atoms with Crippen LogP contribution in [0, 0.1) is 0 Å². The highest BCUT2D eigenvalue weighted by Crippen LogP contribution is 2.19. The van der Waals surface area contributed by atoms with Gasteiger partial charge in [0, 0.05) is 22.3 Å². The molecule has 0 aromatic heterocycles. The van der Waals surface area contributed by atoms with Crippen LogP contribution in [-0.2, 0) is 4.79 Å². The first-order valence-corrected chi connectivity index (χ1v) is 5.79. The molecule has 1 aromatic carbocycles. The second-order valence-electron chi connectivity index (χ2n) is 3.13. The summed E-state index contributed by atoms with van der Waals surface area (Å²) >= 11 is 7.46. The highest BCUT2D eigenvalue weighted by Gasteiger charge is 2.09. The molecule has 0 bridgehead atoms. The summed E-state index contributed by atoms with van der Waals surface area (Å²) in [4.78, 5) is 22.7. The van der Waals surface area contributed by atoms with Gasteiger partial charge >= 0.3 is 0 Å². The maximum absolute atomic E-state index is 11.6. The zero-order valence-electron chi connectivity index (χ0n) is 8.37. The van der Waals surface area contributed by atoms with Crippen molar-refractivity contribution in [1.82, 2.24) is 5.32 Å². The van der Waals surface area contributed by atoms with Crippen LogP contribution in [0.1, 0.15) is 16.8 Å². The zero-order valence-corrected chi connectivity index (χ0v) is 10.8. The number of hydrogen-bond acceptors (Lipinski definition) is 3. The topological polar surface area (TPSA) is 72.2 Å².